The number of nitrogens with one attached hydrogen (secondary N) is 1. The van der Waals surface area contributed by atoms with Crippen LogP contribution in [0.1, 0.15) is 67.9 Å². The number of amides is 1. The molecule has 0 bridgehead atoms. The first-order chi connectivity index (χ1) is 17.4. The van der Waals surface area contributed by atoms with Gasteiger partial charge in [-0.1, -0.05) is 19.9 Å². The first kappa shape index (κ1) is 24.3. The number of pyridine rings is 2. The predicted molar refractivity (Wildman–Crippen MR) is 141 cm³/mol. The minimum Gasteiger partial charge on any atom is -0.378 e. The molecule has 0 spiro atoms. The molecule has 3 aromatic heterocycles. The van der Waals surface area contributed by atoms with E-state index in [9.17, 15) is 9.59 Å². The Balaban J connectivity index is 1.26. The van der Waals surface area contributed by atoms with E-state index < -0.39 is 0 Å². The summed E-state index contributed by atoms with van der Waals surface area (Å²) in [6.07, 6.45) is 12.8. The third-order valence-corrected chi connectivity index (χ3v) is 7.39. The van der Waals surface area contributed by atoms with E-state index in [-0.39, 0.29) is 17.5 Å². The average Bonchev–Trinajstić information content (AvgIpc) is 3.27. The molecule has 1 saturated heterocycles. The maximum Gasteiger partial charge on any atom is 0.273 e. The van der Waals surface area contributed by atoms with Crippen LogP contribution >= 0.6 is 0 Å². The SMILES string of the molecule is CC(C)Cn1cc(-c2cnn(C)c2)cc(NC2CCC(c3ccc(C(=O)N4CCC4)nc3)CC2)c1=O. The third-order valence-electron chi connectivity index (χ3n) is 7.39. The van der Waals surface area contributed by atoms with Gasteiger partial charge in [0.1, 0.15) is 11.4 Å². The summed E-state index contributed by atoms with van der Waals surface area (Å²) >= 11 is 0. The molecule has 0 unspecified atom stereocenters. The van der Waals surface area contributed by atoms with Gasteiger partial charge < -0.3 is 14.8 Å². The summed E-state index contributed by atoms with van der Waals surface area (Å²) in [6.45, 7) is 6.61. The highest BCUT2D eigenvalue weighted by Crippen LogP contribution is 2.34. The van der Waals surface area contributed by atoms with Crippen molar-refractivity contribution in [2.75, 3.05) is 18.4 Å². The molecule has 190 valence electrons. The number of carbonyl (C=O) groups is 1. The summed E-state index contributed by atoms with van der Waals surface area (Å²) in [5, 5.41) is 7.88. The maximum absolute atomic E-state index is 13.3. The van der Waals surface area contributed by atoms with Crippen LogP contribution in [-0.2, 0) is 13.6 Å². The lowest BCUT2D eigenvalue weighted by atomic mass is 9.82. The fourth-order valence-electron chi connectivity index (χ4n) is 5.24. The summed E-state index contributed by atoms with van der Waals surface area (Å²) < 4.78 is 3.61. The molecule has 1 aliphatic carbocycles. The Bertz CT molecular complexity index is 1260. The molecule has 0 aromatic carbocycles. The summed E-state index contributed by atoms with van der Waals surface area (Å²) in [7, 11) is 1.90. The molecule has 0 radical (unpaired) electrons. The standard InChI is InChI=1S/C28H36N6O2/c1-19(2)16-34-18-22(23-15-30-32(3)17-23)13-26(28(34)36)31-24-8-5-20(6-9-24)21-7-10-25(29-14-21)27(35)33-11-4-12-33/h7,10,13-15,17-20,24,31H,4-6,8-9,11-12,16H2,1-3H3. The van der Waals surface area contributed by atoms with E-state index >= 15 is 0 Å². The van der Waals surface area contributed by atoms with E-state index in [4.69, 9.17) is 0 Å². The molecule has 1 aliphatic heterocycles. The van der Waals surface area contributed by atoms with Gasteiger partial charge >= 0.3 is 0 Å². The van der Waals surface area contributed by atoms with Crippen molar-refractivity contribution in [3.63, 3.8) is 0 Å². The molecule has 3 aromatic rings. The Morgan fingerprint density at radius 2 is 1.86 bits per heavy atom. The van der Waals surface area contributed by atoms with Gasteiger partial charge in [-0.05, 0) is 61.6 Å². The summed E-state index contributed by atoms with van der Waals surface area (Å²) in [4.78, 5) is 31.9. The minimum absolute atomic E-state index is 0.0325. The number of carbonyl (C=O) groups excluding carboxylic acids is 1. The highest BCUT2D eigenvalue weighted by Gasteiger charge is 2.26. The van der Waals surface area contributed by atoms with Crippen molar-refractivity contribution >= 4 is 11.6 Å². The van der Waals surface area contributed by atoms with Crippen molar-refractivity contribution in [1.29, 1.82) is 0 Å². The van der Waals surface area contributed by atoms with Crippen LogP contribution in [0, 0.1) is 5.92 Å². The Labute approximate surface area is 212 Å². The Morgan fingerprint density at radius 1 is 1.08 bits per heavy atom. The summed E-state index contributed by atoms with van der Waals surface area (Å²) in [6, 6.07) is 6.17. The van der Waals surface area contributed by atoms with Gasteiger partial charge in [0.05, 0.1) is 6.20 Å². The van der Waals surface area contributed by atoms with E-state index in [0.717, 1.165) is 56.3 Å². The van der Waals surface area contributed by atoms with Crippen LogP contribution in [-0.4, -0.2) is 49.3 Å². The highest BCUT2D eigenvalue weighted by molar-refractivity contribution is 5.92. The number of rotatable bonds is 7. The predicted octanol–water partition coefficient (Wildman–Crippen LogP) is 4.28. The van der Waals surface area contributed by atoms with E-state index in [1.165, 1.54) is 5.56 Å². The number of anilines is 1. The molecular formula is C28H36N6O2. The number of aryl methyl sites for hydroxylation is 1. The van der Waals surface area contributed by atoms with Crippen LogP contribution in [0.4, 0.5) is 5.69 Å². The Morgan fingerprint density at radius 3 is 2.44 bits per heavy atom. The van der Waals surface area contributed by atoms with Crippen molar-refractivity contribution in [3.05, 3.63) is 64.6 Å². The second-order valence-corrected chi connectivity index (χ2v) is 10.7. The molecule has 1 saturated carbocycles. The van der Waals surface area contributed by atoms with Gasteiger partial charge in [-0.25, -0.2) is 0 Å². The first-order valence-electron chi connectivity index (χ1n) is 13.1. The zero-order valence-electron chi connectivity index (χ0n) is 21.5. The van der Waals surface area contributed by atoms with E-state index in [0.29, 0.717) is 29.8 Å². The Hall–Kier alpha value is -3.42. The topological polar surface area (TPSA) is 85.1 Å². The Kier molecular flexibility index (Phi) is 6.94. The van der Waals surface area contributed by atoms with Gasteiger partial charge in [-0.2, -0.15) is 5.10 Å². The molecule has 1 N–H and O–H groups in total. The van der Waals surface area contributed by atoms with E-state index in [1.54, 1.807) is 4.68 Å². The number of aromatic nitrogens is 4. The van der Waals surface area contributed by atoms with Gasteiger partial charge in [-0.3, -0.25) is 19.3 Å². The summed E-state index contributed by atoms with van der Waals surface area (Å²) in [5.41, 5.74) is 4.44. The smallest absolute Gasteiger partial charge is 0.273 e. The zero-order valence-corrected chi connectivity index (χ0v) is 21.5. The minimum atomic E-state index is 0.0325. The molecule has 8 heteroatoms. The molecule has 5 rings (SSSR count). The second-order valence-electron chi connectivity index (χ2n) is 10.7. The average molecular weight is 489 g/mol. The van der Waals surface area contributed by atoms with Crippen LogP contribution in [0.2, 0.25) is 0 Å². The van der Waals surface area contributed by atoms with Crippen molar-refractivity contribution in [3.8, 4) is 11.1 Å². The largest absolute Gasteiger partial charge is 0.378 e. The molecule has 8 nitrogen and oxygen atoms in total. The fraction of sp³-hybridized carbons (Fsp3) is 0.500. The molecule has 36 heavy (non-hydrogen) atoms. The van der Waals surface area contributed by atoms with Crippen LogP contribution < -0.4 is 10.9 Å². The van der Waals surface area contributed by atoms with E-state index in [1.807, 2.05) is 53.4 Å². The highest BCUT2D eigenvalue weighted by atomic mass is 16.2. The number of hydrogen-bond acceptors (Lipinski definition) is 5. The van der Waals surface area contributed by atoms with Crippen molar-refractivity contribution in [2.45, 2.75) is 64.5 Å². The van der Waals surface area contributed by atoms with Crippen molar-refractivity contribution in [2.24, 2.45) is 13.0 Å². The van der Waals surface area contributed by atoms with E-state index in [2.05, 4.69) is 35.3 Å². The third kappa shape index (κ3) is 5.22. The molecular weight excluding hydrogens is 452 g/mol. The summed E-state index contributed by atoms with van der Waals surface area (Å²) in [5.74, 6) is 0.844. The molecule has 0 atom stereocenters. The number of hydrogen-bond donors (Lipinski definition) is 1. The van der Waals surface area contributed by atoms with Crippen LogP contribution in [0.15, 0.2) is 47.8 Å². The molecule has 2 fully saturated rings. The van der Waals surface area contributed by atoms with Gasteiger partial charge in [-0.15, -0.1) is 0 Å². The number of nitrogens with zero attached hydrogens (tertiary/aromatic N) is 5. The van der Waals surface area contributed by atoms with Gasteiger partial charge in [0.25, 0.3) is 11.5 Å². The second kappa shape index (κ2) is 10.3. The normalized spacial score (nSPS) is 19.8. The quantitative estimate of drug-likeness (QED) is 0.536. The van der Waals surface area contributed by atoms with Gasteiger partial charge in [0.2, 0.25) is 0 Å². The lowest BCUT2D eigenvalue weighted by Crippen LogP contribution is -2.42. The van der Waals surface area contributed by atoms with Crippen LogP contribution in [0.3, 0.4) is 0 Å². The maximum atomic E-state index is 13.3. The van der Waals surface area contributed by atoms with Crippen molar-refractivity contribution in [1.82, 2.24) is 24.2 Å². The monoisotopic (exact) mass is 488 g/mol. The molecule has 2 aliphatic rings. The van der Waals surface area contributed by atoms with Crippen LogP contribution in [0.5, 0.6) is 0 Å². The fourth-order valence-corrected chi connectivity index (χ4v) is 5.24. The molecule has 1 amide bonds. The lowest BCUT2D eigenvalue weighted by Gasteiger charge is -2.31. The first-order valence-corrected chi connectivity index (χ1v) is 13.1. The molecule has 4 heterocycles. The van der Waals surface area contributed by atoms with Gasteiger partial charge in [0, 0.05) is 62.4 Å². The zero-order chi connectivity index (χ0) is 25.2. The van der Waals surface area contributed by atoms with Crippen molar-refractivity contribution < 1.29 is 4.79 Å². The van der Waals surface area contributed by atoms with Crippen LogP contribution in [0.25, 0.3) is 11.1 Å². The lowest BCUT2D eigenvalue weighted by molar-refractivity contribution is 0.0645. The number of likely N-dealkylation sites (tertiary alicyclic amines) is 1. The van der Waals surface area contributed by atoms with Gasteiger partial charge in [0.15, 0.2) is 0 Å².